The van der Waals surface area contributed by atoms with Gasteiger partial charge in [0, 0.05) is 18.0 Å². The highest BCUT2D eigenvalue weighted by Crippen LogP contribution is 2.25. The number of thiophene rings is 1. The molecule has 2 rings (SSSR count). The zero-order valence-corrected chi connectivity index (χ0v) is 12.1. The Morgan fingerprint density at radius 2 is 1.95 bits per heavy atom. The summed E-state index contributed by atoms with van der Waals surface area (Å²) in [7, 11) is 1.65. The Morgan fingerprint density at radius 3 is 2.63 bits per heavy atom. The molecule has 0 aliphatic heterocycles. The normalized spacial score (nSPS) is 10.4. The molecule has 1 heterocycles. The number of ether oxygens (including phenoxy) is 2. The largest absolute Gasteiger partial charge is 0.493 e. The summed E-state index contributed by atoms with van der Waals surface area (Å²) in [5, 5.41) is 5.50. The van der Waals surface area contributed by atoms with Crippen LogP contribution in [0.4, 0.5) is 0 Å². The van der Waals surface area contributed by atoms with Gasteiger partial charge in [0.25, 0.3) is 0 Å². The lowest BCUT2D eigenvalue weighted by Gasteiger charge is -2.10. The quantitative estimate of drug-likeness (QED) is 0.788. The minimum atomic E-state index is 0.630. The lowest BCUT2D eigenvalue weighted by Crippen LogP contribution is -2.20. The summed E-state index contributed by atoms with van der Waals surface area (Å²) in [4.78, 5) is 1.39. The van der Waals surface area contributed by atoms with E-state index in [1.807, 2.05) is 24.3 Å². The van der Waals surface area contributed by atoms with Crippen molar-refractivity contribution in [2.75, 3.05) is 20.3 Å². The average molecular weight is 277 g/mol. The van der Waals surface area contributed by atoms with Crippen LogP contribution in [0.25, 0.3) is 0 Å². The Morgan fingerprint density at radius 1 is 1.16 bits per heavy atom. The first-order valence-electron chi connectivity index (χ1n) is 6.31. The summed E-state index contributed by atoms with van der Waals surface area (Å²) < 4.78 is 10.9. The van der Waals surface area contributed by atoms with Gasteiger partial charge in [-0.1, -0.05) is 12.1 Å². The van der Waals surface area contributed by atoms with E-state index in [-0.39, 0.29) is 0 Å². The summed E-state index contributed by atoms with van der Waals surface area (Å²) in [6, 6.07) is 9.84. The van der Waals surface area contributed by atoms with Crippen molar-refractivity contribution in [3.05, 3.63) is 46.2 Å². The number of para-hydroxylation sites is 2. The third kappa shape index (κ3) is 3.98. The summed E-state index contributed by atoms with van der Waals surface area (Å²) in [5.74, 6) is 1.57. The van der Waals surface area contributed by atoms with Gasteiger partial charge in [0.1, 0.15) is 6.61 Å². The lowest BCUT2D eigenvalue weighted by molar-refractivity contribution is 0.292. The van der Waals surface area contributed by atoms with Crippen molar-refractivity contribution in [2.45, 2.75) is 13.5 Å². The maximum absolute atomic E-state index is 5.69. The van der Waals surface area contributed by atoms with Crippen molar-refractivity contribution < 1.29 is 9.47 Å². The zero-order chi connectivity index (χ0) is 13.5. The van der Waals surface area contributed by atoms with Crippen LogP contribution in [0.2, 0.25) is 0 Å². The van der Waals surface area contributed by atoms with Gasteiger partial charge in [-0.2, -0.15) is 0 Å². The maximum Gasteiger partial charge on any atom is 0.161 e. The number of rotatable bonds is 7. The highest BCUT2D eigenvalue weighted by molar-refractivity contribution is 7.10. The first-order chi connectivity index (χ1) is 9.31. The van der Waals surface area contributed by atoms with Crippen molar-refractivity contribution in [3.8, 4) is 11.5 Å². The summed E-state index contributed by atoms with van der Waals surface area (Å²) >= 11 is 1.79. The number of benzene rings is 1. The molecule has 1 aromatic carbocycles. The van der Waals surface area contributed by atoms with Crippen LogP contribution in [0, 0.1) is 6.92 Å². The Kier molecular flexibility index (Phi) is 5.24. The molecule has 0 aliphatic rings. The summed E-state index contributed by atoms with van der Waals surface area (Å²) in [6.45, 7) is 4.48. The van der Waals surface area contributed by atoms with Crippen LogP contribution in [0.15, 0.2) is 35.7 Å². The molecule has 2 aromatic rings. The number of methoxy groups -OCH3 is 1. The Balaban J connectivity index is 1.71. The van der Waals surface area contributed by atoms with Crippen LogP contribution in [0.5, 0.6) is 11.5 Å². The fraction of sp³-hybridized carbons (Fsp3) is 0.333. The van der Waals surface area contributed by atoms with Crippen LogP contribution in [-0.2, 0) is 6.54 Å². The SMILES string of the molecule is COc1ccccc1OCCNCc1sccc1C. The Bertz CT molecular complexity index is 510. The van der Waals surface area contributed by atoms with Gasteiger partial charge < -0.3 is 14.8 Å². The molecule has 0 atom stereocenters. The van der Waals surface area contributed by atoms with Gasteiger partial charge in [-0.25, -0.2) is 0 Å². The fourth-order valence-electron chi connectivity index (χ4n) is 1.76. The van der Waals surface area contributed by atoms with E-state index >= 15 is 0 Å². The minimum Gasteiger partial charge on any atom is -0.493 e. The van der Waals surface area contributed by atoms with Gasteiger partial charge in [-0.15, -0.1) is 11.3 Å². The predicted molar refractivity (Wildman–Crippen MR) is 79.3 cm³/mol. The molecule has 0 aliphatic carbocycles. The zero-order valence-electron chi connectivity index (χ0n) is 11.3. The summed E-state index contributed by atoms with van der Waals surface area (Å²) in [5.41, 5.74) is 1.35. The van der Waals surface area contributed by atoms with Crippen LogP contribution in [0.1, 0.15) is 10.4 Å². The predicted octanol–water partition coefficient (Wildman–Crippen LogP) is 3.23. The van der Waals surface area contributed by atoms with Crippen LogP contribution in [0.3, 0.4) is 0 Å². The lowest BCUT2D eigenvalue weighted by atomic mass is 10.3. The first-order valence-corrected chi connectivity index (χ1v) is 7.18. The van der Waals surface area contributed by atoms with Crippen molar-refractivity contribution in [1.82, 2.24) is 5.32 Å². The molecular formula is C15H19NO2S. The highest BCUT2D eigenvalue weighted by Gasteiger charge is 2.02. The average Bonchev–Trinajstić information content (AvgIpc) is 2.84. The fourth-order valence-corrected chi connectivity index (χ4v) is 2.63. The number of nitrogens with one attached hydrogen (secondary N) is 1. The Labute approximate surface area is 118 Å². The van der Waals surface area contributed by atoms with Crippen molar-refractivity contribution >= 4 is 11.3 Å². The van der Waals surface area contributed by atoms with E-state index in [0.29, 0.717) is 6.61 Å². The van der Waals surface area contributed by atoms with Gasteiger partial charge in [-0.3, -0.25) is 0 Å². The molecule has 0 saturated heterocycles. The molecular weight excluding hydrogens is 258 g/mol. The molecule has 0 spiro atoms. The molecule has 0 saturated carbocycles. The van der Waals surface area contributed by atoms with E-state index in [2.05, 4.69) is 23.7 Å². The molecule has 3 nitrogen and oxygen atoms in total. The third-order valence-electron chi connectivity index (χ3n) is 2.86. The van der Waals surface area contributed by atoms with Crippen LogP contribution < -0.4 is 14.8 Å². The highest BCUT2D eigenvalue weighted by atomic mass is 32.1. The second-order valence-corrected chi connectivity index (χ2v) is 5.20. The molecule has 0 amide bonds. The van der Waals surface area contributed by atoms with E-state index in [1.165, 1.54) is 10.4 Å². The molecule has 1 aromatic heterocycles. The molecule has 0 fully saturated rings. The third-order valence-corrected chi connectivity index (χ3v) is 3.88. The van der Waals surface area contributed by atoms with Crippen LogP contribution in [-0.4, -0.2) is 20.3 Å². The van der Waals surface area contributed by atoms with E-state index in [0.717, 1.165) is 24.6 Å². The van der Waals surface area contributed by atoms with Crippen molar-refractivity contribution in [3.63, 3.8) is 0 Å². The van der Waals surface area contributed by atoms with Crippen molar-refractivity contribution in [1.29, 1.82) is 0 Å². The monoisotopic (exact) mass is 277 g/mol. The molecule has 0 unspecified atom stereocenters. The molecule has 0 bridgehead atoms. The van der Waals surface area contributed by atoms with E-state index in [4.69, 9.17) is 9.47 Å². The van der Waals surface area contributed by atoms with Gasteiger partial charge in [0.05, 0.1) is 7.11 Å². The van der Waals surface area contributed by atoms with Crippen LogP contribution >= 0.6 is 11.3 Å². The molecule has 0 radical (unpaired) electrons. The number of hydrogen-bond acceptors (Lipinski definition) is 4. The first kappa shape index (κ1) is 13.9. The van der Waals surface area contributed by atoms with Gasteiger partial charge >= 0.3 is 0 Å². The van der Waals surface area contributed by atoms with E-state index < -0.39 is 0 Å². The molecule has 1 N–H and O–H groups in total. The molecule has 102 valence electrons. The van der Waals surface area contributed by atoms with Crippen molar-refractivity contribution in [2.24, 2.45) is 0 Å². The number of hydrogen-bond donors (Lipinski definition) is 1. The smallest absolute Gasteiger partial charge is 0.161 e. The van der Waals surface area contributed by atoms with E-state index in [9.17, 15) is 0 Å². The molecule has 4 heteroatoms. The molecule has 19 heavy (non-hydrogen) atoms. The number of aryl methyl sites for hydroxylation is 1. The maximum atomic E-state index is 5.69. The Hall–Kier alpha value is -1.52. The van der Waals surface area contributed by atoms with Gasteiger partial charge in [-0.05, 0) is 36.1 Å². The van der Waals surface area contributed by atoms with Gasteiger partial charge in [0.15, 0.2) is 11.5 Å². The standard InChI is InChI=1S/C15H19NO2S/c1-12-7-10-19-15(12)11-16-8-9-18-14-6-4-3-5-13(14)17-2/h3-7,10,16H,8-9,11H2,1-2H3. The topological polar surface area (TPSA) is 30.5 Å². The second-order valence-electron chi connectivity index (χ2n) is 4.20. The van der Waals surface area contributed by atoms with Gasteiger partial charge in [0.2, 0.25) is 0 Å². The minimum absolute atomic E-state index is 0.630. The van der Waals surface area contributed by atoms with E-state index in [1.54, 1.807) is 18.4 Å². The summed E-state index contributed by atoms with van der Waals surface area (Å²) in [6.07, 6.45) is 0. The second kappa shape index (κ2) is 7.16.